The lowest BCUT2D eigenvalue weighted by Gasteiger charge is -2.11. The van der Waals surface area contributed by atoms with Crippen molar-refractivity contribution < 1.29 is 9.59 Å². The van der Waals surface area contributed by atoms with E-state index in [-0.39, 0.29) is 11.5 Å². The summed E-state index contributed by atoms with van der Waals surface area (Å²) < 4.78 is 1.52. The molecule has 0 fully saturated rings. The molecule has 3 rings (SSSR count). The molecular weight excluding hydrogens is 396 g/mol. The number of hydrogen-bond donors (Lipinski definition) is 2. The molecule has 0 spiro atoms. The monoisotopic (exact) mass is 408 g/mol. The fraction of sp³-hybridized carbons (Fsp3) is 0.133. The summed E-state index contributed by atoms with van der Waals surface area (Å²) in [6.45, 7) is 1.72. The molecule has 2 heterocycles. The van der Waals surface area contributed by atoms with Gasteiger partial charge in [0, 0.05) is 5.02 Å². The van der Waals surface area contributed by atoms with E-state index >= 15 is 0 Å². The van der Waals surface area contributed by atoms with Crippen LogP contribution in [0.5, 0.6) is 0 Å². The minimum atomic E-state index is -0.589. The van der Waals surface area contributed by atoms with E-state index in [9.17, 15) is 9.59 Å². The number of nitrogens with two attached hydrogens (primary N) is 1. The standard InChI is InChI=1S/C15H13ClN6O2S2/c1-8(13(24)18-14-11(12(17)23)6-7-25-14)26-15-19-20-21-22(15)10-4-2-9(16)3-5-10/h2-8H,1H3,(H2,17,23)(H,18,24)/t8-/m0/s1. The summed E-state index contributed by atoms with van der Waals surface area (Å²) in [5, 5.41) is 16.9. The highest BCUT2D eigenvalue weighted by Crippen LogP contribution is 2.27. The number of rotatable bonds is 6. The van der Waals surface area contributed by atoms with Gasteiger partial charge in [0.25, 0.3) is 5.91 Å². The zero-order chi connectivity index (χ0) is 18.7. The second-order valence-electron chi connectivity index (χ2n) is 5.13. The summed E-state index contributed by atoms with van der Waals surface area (Å²) in [5.41, 5.74) is 6.30. The molecule has 2 aromatic heterocycles. The fourth-order valence-electron chi connectivity index (χ4n) is 2.02. The van der Waals surface area contributed by atoms with Gasteiger partial charge in [-0.15, -0.1) is 16.4 Å². The van der Waals surface area contributed by atoms with Crippen LogP contribution in [0.4, 0.5) is 5.00 Å². The molecular formula is C15H13ClN6O2S2. The zero-order valence-corrected chi connectivity index (χ0v) is 15.8. The van der Waals surface area contributed by atoms with E-state index in [4.69, 9.17) is 17.3 Å². The third-order valence-corrected chi connectivity index (χ3v) is 5.45. The first kappa shape index (κ1) is 18.4. The molecule has 8 nitrogen and oxygen atoms in total. The number of halogens is 1. The molecule has 26 heavy (non-hydrogen) atoms. The Kier molecular flexibility index (Phi) is 5.55. The number of thiophene rings is 1. The predicted molar refractivity (Wildman–Crippen MR) is 101 cm³/mol. The Labute approximate surface area is 161 Å². The van der Waals surface area contributed by atoms with Crippen molar-refractivity contribution in [2.45, 2.75) is 17.3 Å². The van der Waals surface area contributed by atoms with Crippen LogP contribution >= 0.6 is 34.7 Å². The average Bonchev–Trinajstić information content (AvgIpc) is 3.25. The van der Waals surface area contributed by atoms with Gasteiger partial charge in [-0.1, -0.05) is 23.4 Å². The van der Waals surface area contributed by atoms with Crippen molar-refractivity contribution in [3.8, 4) is 5.69 Å². The van der Waals surface area contributed by atoms with E-state index in [2.05, 4.69) is 20.8 Å². The Bertz CT molecular complexity index is 940. The SMILES string of the molecule is C[C@H](Sc1nnnn1-c1ccc(Cl)cc1)C(=O)Nc1sccc1C(N)=O. The Morgan fingerprint density at radius 2 is 2.04 bits per heavy atom. The van der Waals surface area contributed by atoms with Crippen LogP contribution in [0.1, 0.15) is 17.3 Å². The van der Waals surface area contributed by atoms with E-state index in [1.54, 1.807) is 42.6 Å². The van der Waals surface area contributed by atoms with Gasteiger partial charge in [0.1, 0.15) is 5.00 Å². The van der Waals surface area contributed by atoms with Crippen molar-refractivity contribution in [2.24, 2.45) is 5.73 Å². The lowest BCUT2D eigenvalue weighted by molar-refractivity contribution is -0.115. The van der Waals surface area contributed by atoms with Crippen molar-refractivity contribution in [1.82, 2.24) is 20.2 Å². The van der Waals surface area contributed by atoms with Crippen LogP contribution in [0, 0.1) is 0 Å². The largest absolute Gasteiger partial charge is 0.366 e. The molecule has 3 aromatic rings. The summed E-state index contributed by atoms with van der Waals surface area (Å²) in [5.74, 6) is -0.876. The number of hydrogen-bond acceptors (Lipinski definition) is 7. The third kappa shape index (κ3) is 4.03. The van der Waals surface area contributed by atoms with Gasteiger partial charge >= 0.3 is 0 Å². The molecule has 11 heteroatoms. The van der Waals surface area contributed by atoms with Crippen LogP contribution in [-0.4, -0.2) is 37.3 Å². The molecule has 0 saturated heterocycles. The molecule has 134 valence electrons. The maximum atomic E-state index is 12.4. The van der Waals surface area contributed by atoms with Crippen LogP contribution in [0.3, 0.4) is 0 Å². The minimum Gasteiger partial charge on any atom is -0.366 e. The lowest BCUT2D eigenvalue weighted by Crippen LogP contribution is -2.24. The highest BCUT2D eigenvalue weighted by molar-refractivity contribution is 8.00. The van der Waals surface area contributed by atoms with Crippen molar-refractivity contribution in [1.29, 1.82) is 0 Å². The van der Waals surface area contributed by atoms with Crippen molar-refractivity contribution in [2.75, 3.05) is 5.32 Å². The maximum Gasteiger partial charge on any atom is 0.251 e. The smallest absolute Gasteiger partial charge is 0.251 e. The second kappa shape index (κ2) is 7.85. The van der Waals surface area contributed by atoms with E-state index < -0.39 is 11.2 Å². The molecule has 0 aliphatic rings. The Hall–Kier alpha value is -2.43. The summed E-state index contributed by atoms with van der Waals surface area (Å²) >= 11 is 8.31. The molecule has 0 bridgehead atoms. The lowest BCUT2D eigenvalue weighted by atomic mass is 10.3. The molecule has 3 N–H and O–H groups in total. The first-order valence-electron chi connectivity index (χ1n) is 7.35. The number of carbonyl (C=O) groups excluding carboxylic acids is 2. The first-order chi connectivity index (χ1) is 12.5. The van der Waals surface area contributed by atoms with Crippen LogP contribution < -0.4 is 11.1 Å². The van der Waals surface area contributed by atoms with E-state index in [1.165, 1.54) is 27.8 Å². The first-order valence-corrected chi connectivity index (χ1v) is 9.48. The normalized spacial score (nSPS) is 11.9. The number of tetrazole rings is 1. The molecule has 0 saturated carbocycles. The zero-order valence-electron chi connectivity index (χ0n) is 13.4. The highest BCUT2D eigenvalue weighted by Gasteiger charge is 2.21. The van der Waals surface area contributed by atoms with Crippen LogP contribution in [-0.2, 0) is 4.79 Å². The van der Waals surface area contributed by atoms with Gasteiger partial charge in [-0.3, -0.25) is 9.59 Å². The number of thioether (sulfide) groups is 1. The summed E-state index contributed by atoms with van der Waals surface area (Å²) in [6, 6.07) is 8.58. The van der Waals surface area contributed by atoms with E-state index in [0.29, 0.717) is 15.2 Å². The Morgan fingerprint density at radius 3 is 2.73 bits per heavy atom. The predicted octanol–water partition coefficient (Wildman–Crippen LogP) is 2.60. The second-order valence-corrected chi connectivity index (χ2v) is 7.79. The topological polar surface area (TPSA) is 116 Å². The van der Waals surface area contributed by atoms with Crippen molar-refractivity contribution in [3.05, 3.63) is 46.3 Å². The van der Waals surface area contributed by atoms with Crippen LogP contribution in [0.2, 0.25) is 5.02 Å². The molecule has 0 aliphatic carbocycles. The quantitative estimate of drug-likeness (QED) is 0.605. The summed E-state index contributed by atoms with van der Waals surface area (Å²) in [4.78, 5) is 23.8. The van der Waals surface area contributed by atoms with Crippen molar-refractivity contribution >= 4 is 51.5 Å². The number of nitrogens with one attached hydrogen (secondary N) is 1. The van der Waals surface area contributed by atoms with Crippen LogP contribution in [0.25, 0.3) is 5.69 Å². The van der Waals surface area contributed by atoms with Gasteiger partial charge in [0.2, 0.25) is 11.1 Å². The highest BCUT2D eigenvalue weighted by atomic mass is 35.5. The summed E-state index contributed by atoms with van der Waals surface area (Å²) in [7, 11) is 0. The molecule has 0 radical (unpaired) electrons. The molecule has 1 aromatic carbocycles. The molecule has 0 aliphatic heterocycles. The number of amides is 2. The Balaban J connectivity index is 1.72. The summed E-state index contributed by atoms with van der Waals surface area (Å²) in [6.07, 6.45) is 0. The number of aromatic nitrogens is 4. The third-order valence-electron chi connectivity index (χ3n) is 3.33. The van der Waals surface area contributed by atoms with Gasteiger partial charge in [0.15, 0.2) is 0 Å². The number of primary amides is 1. The van der Waals surface area contributed by atoms with Gasteiger partial charge in [0.05, 0.1) is 16.5 Å². The van der Waals surface area contributed by atoms with Gasteiger partial charge in [-0.05, 0) is 53.1 Å². The van der Waals surface area contributed by atoms with Gasteiger partial charge in [-0.25, -0.2) is 0 Å². The number of benzene rings is 1. The maximum absolute atomic E-state index is 12.4. The minimum absolute atomic E-state index is 0.284. The van der Waals surface area contributed by atoms with Gasteiger partial charge in [-0.2, -0.15) is 4.68 Å². The van der Waals surface area contributed by atoms with E-state index in [0.717, 1.165) is 5.69 Å². The number of anilines is 1. The molecule has 1 atom stereocenters. The van der Waals surface area contributed by atoms with E-state index in [1.807, 2.05) is 0 Å². The van der Waals surface area contributed by atoms with Gasteiger partial charge < -0.3 is 11.1 Å². The van der Waals surface area contributed by atoms with Crippen molar-refractivity contribution in [3.63, 3.8) is 0 Å². The Morgan fingerprint density at radius 1 is 1.31 bits per heavy atom. The van der Waals surface area contributed by atoms with Crippen LogP contribution in [0.15, 0.2) is 40.9 Å². The number of nitrogens with zero attached hydrogens (tertiary/aromatic N) is 4. The number of carbonyl (C=O) groups is 2. The molecule has 0 unspecified atom stereocenters. The average molecular weight is 409 g/mol. The fourth-order valence-corrected chi connectivity index (χ4v) is 3.75. The molecule has 2 amide bonds.